The van der Waals surface area contributed by atoms with Gasteiger partial charge in [0.15, 0.2) is 0 Å². The Morgan fingerprint density at radius 2 is 1.96 bits per heavy atom. The molecule has 0 spiro atoms. The SMILES string of the molecule is O=C(CCCNC(=O)NC1CCCCC1)Nc1ccc2sccc2c1. The maximum Gasteiger partial charge on any atom is 0.315 e. The summed E-state index contributed by atoms with van der Waals surface area (Å²) < 4.78 is 1.21. The molecule has 0 radical (unpaired) electrons. The van der Waals surface area contributed by atoms with Crippen LogP contribution in [0.5, 0.6) is 0 Å². The van der Waals surface area contributed by atoms with Crippen molar-refractivity contribution in [2.24, 2.45) is 0 Å². The summed E-state index contributed by atoms with van der Waals surface area (Å²) in [7, 11) is 0. The molecule has 3 N–H and O–H groups in total. The third-order valence-electron chi connectivity index (χ3n) is 4.54. The van der Waals surface area contributed by atoms with Crippen LogP contribution in [0.4, 0.5) is 10.5 Å². The highest BCUT2D eigenvalue weighted by molar-refractivity contribution is 7.17. The number of rotatable bonds is 6. The molecule has 0 bridgehead atoms. The fourth-order valence-electron chi connectivity index (χ4n) is 3.20. The maximum absolute atomic E-state index is 12.0. The first-order valence-electron chi connectivity index (χ1n) is 9.02. The van der Waals surface area contributed by atoms with Crippen molar-refractivity contribution in [3.05, 3.63) is 29.6 Å². The molecule has 5 nitrogen and oxygen atoms in total. The smallest absolute Gasteiger partial charge is 0.315 e. The average molecular weight is 359 g/mol. The first-order chi connectivity index (χ1) is 12.2. The second-order valence-corrected chi connectivity index (χ2v) is 7.51. The number of thiophene rings is 1. The van der Waals surface area contributed by atoms with Crippen LogP contribution in [-0.4, -0.2) is 24.5 Å². The van der Waals surface area contributed by atoms with Gasteiger partial charge in [0.2, 0.25) is 5.91 Å². The molecule has 0 unspecified atom stereocenters. The molecule has 0 aliphatic heterocycles. The van der Waals surface area contributed by atoms with Gasteiger partial charge in [-0.05, 0) is 54.3 Å². The second-order valence-electron chi connectivity index (χ2n) is 6.56. The topological polar surface area (TPSA) is 70.2 Å². The van der Waals surface area contributed by atoms with E-state index in [0.717, 1.165) is 23.9 Å². The standard InChI is InChI=1S/C19H25N3O2S/c23-18(21-16-8-9-17-14(13-16)10-12-25-17)7-4-11-20-19(24)22-15-5-2-1-3-6-15/h8-10,12-13,15H,1-7,11H2,(H,21,23)(H2,20,22,24). The van der Waals surface area contributed by atoms with Crippen LogP contribution in [-0.2, 0) is 4.79 Å². The Balaban J connectivity index is 1.32. The molecule has 1 aliphatic carbocycles. The van der Waals surface area contributed by atoms with Crippen molar-refractivity contribution >= 4 is 39.0 Å². The Hall–Kier alpha value is -2.08. The van der Waals surface area contributed by atoms with E-state index in [1.54, 1.807) is 11.3 Å². The molecule has 1 aromatic carbocycles. The highest BCUT2D eigenvalue weighted by Crippen LogP contribution is 2.24. The monoisotopic (exact) mass is 359 g/mol. The van der Waals surface area contributed by atoms with Crippen LogP contribution in [0.3, 0.4) is 0 Å². The molecule has 1 aliphatic rings. The summed E-state index contributed by atoms with van der Waals surface area (Å²) in [4.78, 5) is 23.8. The van der Waals surface area contributed by atoms with E-state index in [0.29, 0.717) is 25.4 Å². The Kier molecular flexibility index (Phi) is 6.28. The van der Waals surface area contributed by atoms with Crippen LogP contribution < -0.4 is 16.0 Å². The molecule has 1 aromatic heterocycles. The van der Waals surface area contributed by atoms with Crippen LogP contribution in [0.2, 0.25) is 0 Å². The van der Waals surface area contributed by atoms with E-state index in [4.69, 9.17) is 0 Å². The van der Waals surface area contributed by atoms with Gasteiger partial charge in [-0.25, -0.2) is 4.79 Å². The molecule has 25 heavy (non-hydrogen) atoms. The summed E-state index contributed by atoms with van der Waals surface area (Å²) in [5, 5.41) is 12.0. The predicted octanol–water partition coefficient (Wildman–Crippen LogP) is 4.25. The number of nitrogens with one attached hydrogen (secondary N) is 3. The number of urea groups is 1. The fourth-order valence-corrected chi connectivity index (χ4v) is 3.97. The van der Waals surface area contributed by atoms with E-state index in [1.165, 1.54) is 24.0 Å². The molecule has 1 saturated carbocycles. The third kappa shape index (κ3) is 5.46. The van der Waals surface area contributed by atoms with Gasteiger partial charge in [0.1, 0.15) is 0 Å². The van der Waals surface area contributed by atoms with Crippen LogP contribution in [0.1, 0.15) is 44.9 Å². The lowest BCUT2D eigenvalue weighted by atomic mass is 9.96. The lowest BCUT2D eigenvalue weighted by Crippen LogP contribution is -2.43. The number of carbonyl (C=O) groups excluding carboxylic acids is 2. The summed E-state index contributed by atoms with van der Waals surface area (Å²) in [6, 6.07) is 8.17. The molecule has 0 saturated heterocycles. The van der Waals surface area contributed by atoms with Gasteiger partial charge in [0, 0.05) is 29.4 Å². The third-order valence-corrected chi connectivity index (χ3v) is 5.44. The molecule has 3 rings (SSSR count). The van der Waals surface area contributed by atoms with E-state index in [1.807, 2.05) is 29.6 Å². The van der Waals surface area contributed by atoms with Gasteiger partial charge in [-0.3, -0.25) is 4.79 Å². The van der Waals surface area contributed by atoms with Gasteiger partial charge >= 0.3 is 6.03 Å². The number of anilines is 1. The first-order valence-corrected chi connectivity index (χ1v) is 9.90. The summed E-state index contributed by atoms with van der Waals surface area (Å²) in [5.41, 5.74) is 0.818. The van der Waals surface area contributed by atoms with E-state index < -0.39 is 0 Å². The summed E-state index contributed by atoms with van der Waals surface area (Å²) in [6.45, 7) is 0.509. The molecule has 0 atom stereocenters. The minimum absolute atomic E-state index is 0.0240. The zero-order valence-corrected chi connectivity index (χ0v) is 15.2. The van der Waals surface area contributed by atoms with Crippen molar-refractivity contribution in [2.45, 2.75) is 51.0 Å². The van der Waals surface area contributed by atoms with Gasteiger partial charge < -0.3 is 16.0 Å². The normalized spacial score (nSPS) is 15.0. The number of carbonyl (C=O) groups is 2. The Bertz CT molecular complexity index is 722. The lowest BCUT2D eigenvalue weighted by Gasteiger charge is -2.22. The summed E-state index contributed by atoms with van der Waals surface area (Å²) in [5.74, 6) is -0.0240. The number of benzene rings is 1. The van der Waals surface area contributed by atoms with Gasteiger partial charge in [0.25, 0.3) is 0 Å². The van der Waals surface area contributed by atoms with E-state index in [-0.39, 0.29) is 11.9 Å². The van der Waals surface area contributed by atoms with Crippen molar-refractivity contribution in [1.82, 2.24) is 10.6 Å². The zero-order valence-electron chi connectivity index (χ0n) is 14.3. The fraction of sp³-hybridized carbons (Fsp3) is 0.474. The lowest BCUT2D eigenvalue weighted by molar-refractivity contribution is -0.116. The quantitative estimate of drug-likeness (QED) is 0.675. The summed E-state index contributed by atoms with van der Waals surface area (Å²) in [6.07, 6.45) is 6.84. The number of fused-ring (bicyclic) bond motifs is 1. The Labute approximate surface area is 152 Å². The molecular weight excluding hydrogens is 334 g/mol. The van der Waals surface area contributed by atoms with Crippen molar-refractivity contribution in [1.29, 1.82) is 0 Å². The number of amides is 3. The number of hydrogen-bond donors (Lipinski definition) is 3. The zero-order chi connectivity index (χ0) is 17.5. The van der Waals surface area contributed by atoms with E-state index >= 15 is 0 Å². The highest BCUT2D eigenvalue weighted by Gasteiger charge is 2.15. The molecule has 134 valence electrons. The van der Waals surface area contributed by atoms with E-state index in [9.17, 15) is 9.59 Å². The van der Waals surface area contributed by atoms with Crippen molar-refractivity contribution in [3.63, 3.8) is 0 Å². The van der Waals surface area contributed by atoms with Gasteiger partial charge in [-0.15, -0.1) is 11.3 Å². The first kappa shape index (κ1) is 17.7. The van der Waals surface area contributed by atoms with Crippen molar-refractivity contribution < 1.29 is 9.59 Å². The number of hydrogen-bond acceptors (Lipinski definition) is 3. The highest BCUT2D eigenvalue weighted by atomic mass is 32.1. The van der Waals surface area contributed by atoms with Gasteiger partial charge in [0.05, 0.1) is 0 Å². The van der Waals surface area contributed by atoms with Crippen LogP contribution in [0.25, 0.3) is 10.1 Å². The molecule has 1 heterocycles. The molecule has 6 heteroatoms. The summed E-state index contributed by atoms with van der Waals surface area (Å²) >= 11 is 1.69. The molecule has 2 aromatic rings. The molecular formula is C19H25N3O2S. The van der Waals surface area contributed by atoms with Crippen molar-refractivity contribution in [3.8, 4) is 0 Å². The van der Waals surface area contributed by atoms with Crippen molar-refractivity contribution in [2.75, 3.05) is 11.9 Å². The van der Waals surface area contributed by atoms with Crippen LogP contribution in [0.15, 0.2) is 29.6 Å². The molecule has 3 amide bonds. The predicted molar refractivity (Wildman–Crippen MR) is 103 cm³/mol. The molecule has 1 fully saturated rings. The van der Waals surface area contributed by atoms with Gasteiger partial charge in [-0.2, -0.15) is 0 Å². The largest absolute Gasteiger partial charge is 0.338 e. The minimum Gasteiger partial charge on any atom is -0.338 e. The Morgan fingerprint density at radius 1 is 1.12 bits per heavy atom. The second kappa shape index (κ2) is 8.85. The maximum atomic E-state index is 12.0. The minimum atomic E-state index is -0.116. The van der Waals surface area contributed by atoms with Crippen LogP contribution >= 0.6 is 11.3 Å². The van der Waals surface area contributed by atoms with E-state index in [2.05, 4.69) is 16.0 Å². The van der Waals surface area contributed by atoms with Gasteiger partial charge in [-0.1, -0.05) is 19.3 Å². The van der Waals surface area contributed by atoms with Crippen LogP contribution in [0, 0.1) is 0 Å². The average Bonchev–Trinajstić information content (AvgIpc) is 3.07. The Morgan fingerprint density at radius 3 is 2.80 bits per heavy atom.